The van der Waals surface area contributed by atoms with Crippen molar-refractivity contribution in [2.45, 2.75) is 11.4 Å². The number of rotatable bonds is 7. The number of nitrogens with zero attached hydrogens (tertiary/aromatic N) is 4. The van der Waals surface area contributed by atoms with Crippen LogP contribution < -0.4 is 15.2 Å². The zero-order valence-electron chi connectivity index (χ0n) is 19.3. The van der Waals surface area contributed by atoms with Gasteiger partial charge in [0.15, 0.2) is 5.82 Å². The van der Waals surface area contributed by atoms with Crippen molar-refractivity contribution >= 4 is 26.7 Å². The minimum absolute atomic E-state index is 0.112. The molecule has 0 bridgehead atoms. The molecule has 0 amide bonds. The summed E-state index contributed by atoms with van der Waals surface area (Å²) in [7, 11) is -2.31. The molecule has 5 rings (SSSR count). The molecule has 180 valence electrons. The van der Waals surface area contributed by atoms with Gasteiger partial charge in [-0.2, -0.15) is 0 Å². The highest BCUT2D eigenvalue weighted by Crippen LogP contribution is 2.35. The molecule has 0 saturated carbocycles. The molecule has 0 radical (unpaired) electrons. The van der Waals surface area contributed by atoms with E-state index in [4.69, 9.17) is 19.8 Å². The molecule has 0 saturated heterocycles. The normalized spacial score (nSPS) is 11.4. The Bertz CT molecular complexity index is 1640. The second-order valence-electron chi connectivity index (χ2n) is 7.95. The van der Waals surface area contributed by atoms with Gasteiger partial charge in [0.1, 0.15) is 16.5 Å². The standard InChI is InChI=1S/C26H22N6O3S/c1-35-20-10-8-17(9-11-20)22-6-4-7-23-24(22)26(30-15-19-5-2-3-12-29-19)32-25(31-23)18-13-21(16-28-14-18)36(27,33)34/h2-14,16H,15H2,1H3,(H2,27,33,34)(H,30,31,32). The highest BCUT2D eigenvalue weighted by atomic mass is 32.2. The molecule has 0 aliphatic rings. The maximum atomic E-state index is 11.9. The van der Waals surface area contributed by atoms with Crippen LogP contribution in [0, 0.1) is 0 Å². The zero-order chi connectivity index (χ0) is 25.1. The van der Waals surface area contributed by atoms with E-state index < -0.39 is 10.0 Å². The van der Waals surface area contributed by atoms with Crippen LogP contribution in [-0.2, 0) is 16.6 Å². The van der Waals surface area contributed by atoms with Crippen molar-refractivity contribution in [3.8, 4) is 28.3 Å². The highest BCUT2D eigenvalue weighted by molar-refractivity contribution is 7.89. The number of hydrogen-bond acceptors (Lipinski definition) is 8. The number of aromatic nitrogens is 4. The summed E-state index contributed by atoms with van der Waals surface area (Å²) in [6.07, 6.45) is 4.43. The molecule has 9 nitrogen and oxygen atoms in total. The molecular formula is C26H22N6O3S. The number of anilines is 1. The summed E-state index contributed by atoms with van der Waals surface area (Å²) in [6, 6.07) is 20.7. The first-order valence-electron chi connectivity index (χ1n) is 11.0. The topological polar surface area (TPSA) is 133 Å². The Balaban J connectivity index is 1.68. The van der Waals surface area contributed by atoms with Crippen LogP contribution in [0.1, 0.15) is 5.69 Å². The fourth-order valence-electron chi connectivity index (χ4n) is 3.82. The molecule has 0 aliphatic heterocycles. The molecule has 0 aliphatic carbocycles. The molecular weight excluding hydrogens is 476 g/mol. The van der Waals surface area contributed by atoms with Gasteiger partial charge in [0.25, 0.3) is 0 Å². The largest absolute Gasteiger partial charge is 0.497 e. The molecule has 3 heterocycles. The maximum Gasteiger partial charge on any atom is 0.239 e. The van der Waals surface area contributed by atoms with Gasteiger partial charge in [0.05, 0.1) is 30.3 Å². The van der Waals surface area contributed by atoms with Crippen molar-refractivity contribution in [2.75, 3.05) is 12.4 Å². The van der Waals surface area contributed by atoms with Crippen LogP contribution in [0.15, 0.2) is 90.2 Å². The molecule has 3 N–H and O–H groups in total. The van der Waals surface area contributed by atoms with Crippen LogP contribution in [0.3, 0.4) is 0 Å². The fourth-order valence-corrected chi connectivity index (χ4v) is 4.32. The number of primary sulfonamides is 1. The summed E-state index contributed by atoms with van der Waals surface area (Å²) in [5, 5.41) is 9.51. The first-order chi connectivity index (χ1) is 17.4. The summed E-state index contributed by atoms with van der Waals surface area (Å²) >= 11 is 0. The van der Waals surface area contributed by atoms with Gasteiger partial charge in [0, 0.05) is 24.2 Å². The summed E-state index contributed by atoms with van der Waals surface area (Å²) in [6.45, 7) is 0.429. The lowest BCUT2D eigenvalue weighted by molar-refractivity contribution is 0.415. The van der Waals surface area contributed by atoms with Crippen LogP contribution >= 0.6 is 0 Å². The number of nitrogens with one attached hydrogen (secondary N) is 1. The Morgan fingerprint density at radius 3 is 2.50 bits per heavy atom. The Hall–Kier alpha value is -4.41. The van der Waals surface area contributed by atoms with E-state index in [9.17, 15) is 8.42 Å². The van der Waals surface area contributed by atoms with E-state index in [0.29, 0.717) is 29.3 Å². The Morgan fingerprint density at radius 2 is 1.78 bits per heavy atom. The summed E-state index contributed by atoms with van der Waals surface area (Å²) in [4.78, 5) is 17.8. The molecule has 0 fully saturated rings. The van der Waals surface area contributed by atoms with Gasteiger partial charge in [-0.3, -0.25) is 9.97 Å². The fraction of sp³-hybridized carbons (Fsp3) is 0.0769. The average molecular weight is 499 g/mol. The molecule has 36 heavy (non-hydrogen) atoms. The van der Waals surface area contributed by atoms with Crippen molar-refractivity contribution in [1.82, 2.24) is 19.9 Å². The third-order valence-electron chi connectivity index (χ3n) is 5.59. The van der Waals surface area contributed by atoms with E-state index in [1.807, 2.05) is 60.7 Å². The van der Waals surface area contributed by atoms with Crippen molar-refractivity contribution in [2.24, 2.45) is 5.14 Å². The first kappa shape index (κ1) is 23.3. The number of methoxy groups -OCH3 is 1. The number of benzene rings is 2. The van der Waals surface area contributed by atoms with E-state index in [0.717, 1.165) is 28.0 Å². The molecule has 0 spiro atoms. The average Bonchev–Trinajstić information content (AvgIpc) is 2.91. The molecule has 0 atom stereocenters. The predicted octanol–water partition coefficient (Wildman–Crippen LogP) is 4.02. The number of hydrogen-bond donors (Lipinski definition) is 2. The minimum Gasteiger partial charge on any atom is -0.497 e. The van der Waals surface area contributed by atoms with Gasteiger partial charge >= 0.3 is 0 Å². The quantitative estimate of drug-likeness (QED) is 0.344. The number of nitrogens with two attached hydrogens (primary N) is 1. The van der Waals surface area contributed by atoms with Crippen LogP contribution in [0.4, 0.5) is 5.82 Å². The lowest BCUT2D eigenvalue weighted by Crippen LogP contribution is -2.12. The summed E-state index contributed by atoms with van der Waals surface area (Å²) < 4.78 is 29.0. The Kier molecular flexibility index (Phi) is 6.28. The van der Waals surface area contributed by atoms with Crippen LogP contribution in [-0.4, -0.2) is 35.5 Å². The summed E-state index contributed by atoms with van der Waals surface area (Å²) in [5.74, 6) is 1.65. The van der Waals surface area contributed by atoms with Crippen molar-refractivity contribution in [3.05, 3.63) is 91.0 Å². The van der Waals surface area contributed by atoms with Crippen LogP contribution in [0.25, 0.3) is 33.4 Å². The molecule has 0 unspecified atom stereocenters. The zero-order valence-corrected chi connectivity index (χ0v) is 20.1. The SMILES string of the molecule is COc1ccc(-c2cccc3nc(-c4cncc(S(N)(=O)=O)c4)nc(NCc4ccccn4)c23)cc1. The summed E-state index contributed by atoms with van der Waals surface area (Å²) in [5.41, 5.74) is 3.85. The van der Waals surface area contributed by atoms with Gasteiger partial charge in [0.2, 0.25) is 10.0 Å². The first-order valence-corrected chi connectivity index (χ1v) is 12.5. The molecule has 10 heteroatoms. The van der Waals surface area contributed by atoms with Gasteiger partial charge in [-0.05, 0) is 47.5 Å². The lowest BCUT2D eigenvalue weighted by atomic mass is 10.0. The van der Waals surface area contributed by atoms with Gasteiger partial charge in [-0.15, -0.1) is 0 Å². The molecule has 5 aromatic rings. The van der Waals surface area contributed by atoms with Gasteiger partial charge in [-0.25, -0.2) is 23.5 Å². The number of ether oxygens (including phenoxy) is 1. The smallest absolute Gasteiger partial charge is 0.239 e. The lowest BCUT2D eigenvalue weighted by Gasteiger charge is -2.15. The Morgan fingerprint density at radius 1 is 0.944 bits per heavy atom. The third-order valence-corrected chi connectivity index (χ3v) is 6.47. The number of sulfonamides is 1. The second-order valence-corrected chi connectivity index (χ2v) is 9.51. The van der Waals surface area contributed by atoms with E-state index in [1.54, 1.807) is 13.3 Å². The predicted molar refractivity (Wildman–Crippen MR) is 138 cm³/mol. The van der Waals surface area contributed by atoms with Crippen LogP contribution in [0.2, 0.25) is 0 Å². The van der Waals surface area contributed by atoms with Crippen molar-refractivity contribution < 1.29 is 13.2 Å². The molecule has 3 aromatic heterocycles. The van der Waals surface area contributed by atoms with Crippen molar-refractivity contribution in [1.29, 1.82) is 0 Å². The van der Waals surface area contributed by atoms with E-state index in [1.165, 1.54) is 18.5 Å². The minimum atomic E-state index is -3.93. The number of fused-ring (bicyclic) bond motifs is 1. The van der Waals surface area contributed by atoms with Crippen LogP contribution in [0.5, 0.6) is 5.75 Å². The highest BCUT2D eigenvalue weighted by Gasteiger charge is 2.16. The monoisotopic (exact) mass is 498 g/mol. The number of pyridine rings is 2. The van der Waals surface area contributed by atoms with E-state index in [-0.39, 0.29) is 4.90 Å². The van der Waals surface area contributed by atoms with Crippen molar-refractivity contribution in [3.63, 3.8) is 0 Å². The van der Waals surface area contributed by atoms with Gasteiger partial charge < -0.3 is 10.1 Å². The third kappa shape index (κ3) is 4.85. The van der Waals surface area contributed by atoms with E-state index >= 15 is 0 Å². The maximum absolute atomic E-state index is 11.9. The van der Waals surface area contributed by atoms with E-state index in [2.05, 4.69) is 15.3 Å². The van der Waals surface area contributed by atoms with Gasteiger partial charge in [-0.1, -0.05) is 30.3 Å². The Labute approximate surface area is 208 Å². The molecule has 2 aromatic carbocycles. The second kappa shape index (κ2) is 9.68.